The number of rotatable bonds is 6. The van der Waals surface area contributed by atoms with Gasteiger partial charge >= 0.3 is 6.03 Å². The van der Waals surface area contributed by atoms with Crippen LogP contribution in [0, 0.1) is 17.8 Å². The standard InChI is InChI=1S/C23H35N3O6S/c1-16(2)24-23(28)25(5)14-21-17(3)13-26(18(4)15-27)33(29,30)22-10-9-19(8-7-11-31-6)12-20(22)32-21/h9-10,12,16-18,21,27H,11,13-15H2,1-6H3,(H,24,28)/t17-,18+,21+/m0/s1. The van der Waals surface area contributed by atoms with Crippen molar-refractivity contribution < 1.29 is 27.8 Å². The first kappa shape index (κ1) is 26.9. The van der Waals surface area contributed by atoms with Crippen LogP contribution < -0.4 is 10.1 Å². The number of amides is 2. The van der Waals surface area contributed by atoms with Gasteiger partial charge in [0.25, 0.3) is 0 Å². The smallest absolute Gasteiger partial charge is 0.317 e. The van der Waals surface area contributed by atoms with Gasteiger partial charge in [-0.25, -0.2) is 13.2 Å². The third-order valence-electron chi connectivity index (χ3n) is 5.33. The molecule has 2 rings (SSSR count). The van der Waals surface area contributed by atoms with Crippen LogP contribution in [0.15, 0.2) is 23.1 Å². The molecule has 2 amide bonds. The number of sulfonamides is 1. The Labute approximate surface area is 197 Å². The number of likely N-dealkylation sites (N-methyl/N-ethyl adjacent to an activating group) is 1. The molecule has 1 aromatic rings. The molecule has 0 radical (unpaired) electrons. The molecule has 0 saturated heterocycles. The van der Waals surface area contributed by atoms with Crippen LogP contribution in [0.25, 0.3) is 0 Å². The van der Waals surface area contributed by atoms with Crippen LogP contribution in [0.4, 0.5) is 4.79 Å². The lowest BCUT2D eigenvalue weighted by atomic mass is 10.0. The van der Waals surface area contributed by atoms with Gasteiger partial charge in [-0.05, 0) is 39.0 Å². The highest BCUT2D eigenvalue weighted by Crippen LogP contribution is 2.34. The Balaban J connectivity index is 2.50. The van der Waals surface area contributed by atoms with Gasteiger partial charge in [-0.1, -0.05) is 18.8 Å². The van der Waals surface area contributed by atoms with Gasteiger partial charge in [-0.3, -0.25) is 0 Å². The van der Waals surface area contributed by atoms with E-state index < -0.39 is 22.2 Å². The number of nitrogens with zero attached hydrogens (tertiary/aromatic N) is 2. The van der Waals surface area contributed by atoms with E-state index in [2.05, 4.69) is 17.2 Å². The van der Waals surface area contributed by atoms with Crippen molar-refractivity contribution in [2.24, 2.45) is 5.92 Å². The highest BCUT2D eigenvalue weighted by atomic mass is 32.2. The Hall–Kier alpha value is -2.32. The predicted molar refractivity (Wildman–Crippen MR) is 126 cm³/mol. The van der Waals surface area contributed by atoms with Crippen molar-refractivity contribution in [2.45, 2.75) is 50.8 Å². The van der Waals surface area contributed by atoms with Gasteiger partial charge in [-0.2, -0.15) is 4.31 Å². The summed E-state index contributed by atoms with van der Waals surface area (Å²) < 4.78 is 39.4. The summed E-state index contributed by atoms with van der Waals surface area (Å²) in [6.07, 6.45) is -0.488. The zero-order chi connectivity index (χ0) is 24.8. The molecular weight excluding hydrogens is 446 g/mol. The van der Waals surface area contributed by atoms with Crippen LogP contribution in [0.1, 0.15) is 33.3 Å². The Kier molecular flexibility index (Phi) is 9.55. The summed E-state index contributed by atoms with van der Waals surface area (Å²) in [4.78, 5) is 14.0. The van der Waals surface area contributed by atoms with Gasteiger partial charge in [0.2, 0.25) is 10.0 Å². The van der Waals surface area contributed by atoms with Crippen molar-refractivity contribution in [3.8, 4) is 17.6 Å². The molecule has 3 atom stereocenters. The van der Waals surface area contributed by atoms with Crippen molar-refractivity contribution in [2.75, 3.05) is 40.5 Å². The van der Waals surface area contributed by atoms with Gasteiger partial charge in [0.05, 0.1) is 13.2 Å². The van der Waals surface area contributed by atoms with Crippen LogP contribution in [0.3, 0.4) is 0 Å². The number of carbonyl (C=O) groups is 1. The third-order valence-corrected chi connectivity index (χ3v) is 7.35. The normalized spacial score (nSPS) is 21.0. The van der Waals surface area contributed by atoms with Crippen molar-refractivity contribution >= 4 is 16.1 Å². The molecular formula is C23H35N3O6S. The van der Waals surface area contributed by atoms with Crippen LogP contribution in [-0.2, 0) is 14.8 Å². The number of hydrogen-bond donors (Lipinski definition) is 2. The van der Waals surface area contributed by atoms with Gasteiger partial charge in [0.1, 0.15) is 23.4 Å². The summed E-state index contributed by atoms with van der Waals surface area (Å²) in [6, 6.07) is 3.81. The maximum absolute atomic E-state index is 13.5. The first-order chi connectivity index (χ1) is 15.5. The lowest BCUT2D eigenvalue weighted by molar-refractivity contribution is 0.0809. The number of fused-ring (bicyclic) bond motifs is 1. The average molecular weight is 482 g/mol. The number of benzene rings is 1. The molecule has 0 unspecified atom stereocenters. The Morgan fingerprint density at radius 3 is 2.70 bits per heavy atom. The molecule has 0 fully saturated rings. The van der Waals surface area contributed by atoms with Crippen molar-refractivity contribution in [1.29, 1.82) is 0 Å². The molecule has 0 spiro atoms. The van der Waals surface area contributed by atoms with E-state index in [4.69, 9.17) is 9.47 Å². The van der Waals surface area contributed by atoms with E-state index in [9.17, 15) is 18.3 Å². The quantitative estimate of drug-likeness (QED) is 0.596. The summed E-state index contributed by atoms with van der Waals surface area (Å²) in [6.45, 7) is 7.61. The summed E-state index contributed by atoms with van der Waals surface area (Å²) in [5.74, 6) is 5.68. The highest BCUT2D eigenvalue weighted by Gasteiger charge is 2.38. The molecule has 184 valence electrons. The number of nitrogens with one attached hydrogen (secondary N) is 1. The highest BCUT2D eigenvalue weighted by molar-refractivity contribution is 7.89. The fourth-order valence-electron chi connectivity index (χ4n) is 3.44. The fraction of sp³-hybridized carbons (Fsp3) is 0.609. The van der Waals surface area contributed by atoms with Gasteiger partial charge < -0.3 is 24.8 Å². The van der Waals surface area contributed by atoms with Crippen molar-refractivity contribution in [3.05, 3.63) is 23.8 Å². The Bertz CT molecular complexity index is 986. The monoisotopic (exact) mass is 481 g/mol. The predicted octanol–water partition coefficient (Wildman–Crippen LogP) is 1.50. The van der Waals surface area contributed by atoms with E-state index in [1.165, 1.54) is 15.3 Å². The van der Waals surface area contributed by atoms with Crippen LogP contribution in [0.2, 0.25) is 0 Å². The number of hydrogen-bond acceptors (Lipinski definition) is 6. The first-order valence-electron chi connectivity index (χ1n) is 10.9. The fourth-order valence-corrected chi connectivity index (χ4v) is 5.27. The Morgan fingerprint density at radius 1 is 1.39 bits per heavy atom. The molecule has 0 saturated carbocycles. The molecule has 33 heavy (non-hydrogen) atoms. The van der Waals surface area contributed by atoms with Gasteiger partial charge in [0, 0.05) is 44.3 Å². The molecule has 1 aromatic carbocycles. The molecule has 1 aliphatic rings. The van der Waals surface area contributed by atoms with E-state index in [1.54, 1.807) is 33.2 Å². The number of carbonyl (C=O) groups excluding carboxylic acids is 1. The summed E-state index contributed by atoms with van der Waals surface area (Å²) in [7, 11) is -0.717. The second kappa shape index (κ2) is 11.7. The summed E-state index contributed by atoms with van der Waals surface area (Å²) >= 11 is 0. The average Bonchev–Trinajstić information content (AvgIpc) is 2.75. The maximum atomic E-state index is 13.5. The lowest BCUT2D eigenvalue weighted by Gasteiger charge is -2.37. The van der Waals surface area contributed by atoms with Crippen molar-refractivity contribution in [3.63, 3.8) is 0 Å². The molecule has 9 nitrogen and oxygen atoms in total. The SMILES string of the molecule is COCC#Cc1ccc2c(c1)O[C@H](CN(C)C(=O)NC(C)C)[C@@H](C)CN([C@H](C)CO)S2(=O)=O. The minimum absolute atomic E-state index is 0.00581. The third kappa shape index (κ3) is 6.84. The molecule has 0 bridgehead atoms. The molecule has 10 heteroatoms. The largest absolute Gasteiger partial charge is 0.487 e. The second-order valence-corrected chi connectivity index (χ2v) is 10.5. The number of ether oxygens (including phenoxy) is 2. The topological polar surface area (TPSA) is 108 Å². The molecule has 1 aliphatic heterocycles. The summed E-state index contributed by atoms with van der Waals surface area (Å²) in [5, 5.41) is 12.6. The van der Waals surface area contributed by atoms with E-state index in [1.807, 2.05) is 20.8 Å². The summed E-state index contributed by atoms with van der Waals surface area (Å²) in [5.41, 5.74) is 0.584. The molecule has 0 aromatic heterocycles. The molecule has 2 N–H and O–H groups in total. The van der Waals surface area contributed by atoms with Crippen LogP contribution >= 0.6 is 0 Å². The van der Waals surface area contributed by atoms with E-state index >= 15 is 0 Å². The maximum Gasteiger partial charge on any atom is 0.317 e. The molecule has 0 aliphatic carbocycles. The minimum Gasteiger partial charge on any atom is -0.487 e. The second-order valence-electron chi connectivity index (χ2n) is 8.62. The van der Waals surface area contributed by atoms with Gasteiger partial charge in [-0.15, -0.1) is 0 Å². The zero-order valence-electron chi connectivity index (χ0n) is 20.2. The lowest BCUT2D eigenvalue weighted by Crippen LogP contribution is -2.51. The van der Waals surface area contributed by atoms with E-state index in [-0.39, 0.29) is 54.9 Å². The van der Waals surface area contributed by atoms with E-state index in [0.29, 0.717) is 5.56 Å². The number of methoxy groups -OCH3 is 1. The Morgan fingerprint density at radius 2 is 2.09 bits per heavy atom. The number of aliphatic hydroxyl groups is 1. The van der Waals surface area contributed by atoms with Crippen LogP contribution in [-0.4, -0.2) is 87.4 Å². The number of aliphatic hydroxyl groups excluding tert-OH is 1. The van der Waals surface area contributed by atoms with Gasteiger partial charge in [0.15, 0.2) is 0 Å². The molecule has 1 heterocycles. The van der Waals surface area contributed by atoms with E-state index in [0.717, 1.165) is 0 Å². The minimum atomic E-state index is -3.93. The van der Waals surface area contributed by atoms with Crippen LogP contribution in [0.5, 0.6) is 5.75 Å². The zero-order valence-corrected chi connectivity index (χ0v) is 21.0. The number of urea groups is 1. The first-order valence-corrected chi connectivity index (χ1v) is 12.4. The van der Waals surface area contributed by atoms with Crippen molar-refractivity contribution in [1.82, 2.24) is 14.5 Å².